The van der Waals surface area contributed by atoms with E-state index in [-0.39, 0.29) is 0 Å². The van der Waals surface area contributed by atoms with Crippen LogP contribution in [0.25, 0.3) is 0 Å². The number of nitrogens with one attached hydrogen (secondary N) is 1. The lowest BCUT2D eigenvalue weighted by molar-refractivity contribution is 0.199. The van der Waals surface area contributed by atoms with Crippen molar-refractivity contribution in [3.8, 4) is 0 Å². The molecule has 1 aliphatic heterocycles. The average Bonchev–Trinajstić information content (AvgIpc) is 2.92. The van der Waals surface area contributed by atoms with E-state index >= 15 is 0 Å². The molecule has 2 heterocycles. The number of rotatable bonds is 2. The van der Waals surface area contributed by atoms with E-state index in [2.05, 4.69) is 15.4 Å². The highest BCUT2D eigenvalue weighted by atomic mass is 16.5. The van der Waals surface area contributed by atoms with Gasteiger partial charge in [0, 0.05) is 24.7 Å². The first-order valence-corrected chi connectivity index (χ1v) is 6.73. The summed E-state index contributed by atoms with van der Waals surface area (Å²) in [6.45, 7) is 4.43. The van der Waals surface area contributed by atoms with Crippen molar-refractivity contribution < 1.29 is 4.52 Å². The van der Waals surface area contributed by atoms with Crippen molar-refractivity contribution in [1.82, 2.24) is 15.4 Å². The topological polar surface area (TPSA) is 41.3 Å². The predicted octanol–water partition coefficient (Wildman–Crippen LogP) is 1.78. The van der Waals surface area contributed by atoms with Crippen LogP contribution in [0, 0.1) is 0 Å². The van der Waals surface area contributed by atoms with Gasteiger partial charge in [-0.2, -0.15) is 0 Å². The lowest BCUT2D eigenvalue weighted by Crippen LogP contribution is -2.49. The van der Waals surface area contributed by atoms with Gasteiger partial charge >= 0.3 is 0 Å². The van der Waals surface area contributed by atoms with Crippen LogP contribution < -0.4 is 5.32 Å². The number of aromatic nitrogens is 1. The van der Waals surface area contributed by atoms with E-state index in [1.807, 2.05) is 6.07 Å². The molecule has 0 bridgehead atoms. The van der Waals surface area contributed by atoms with Crippen molar-refractivity contribution in [3.63, 3.8) is 0 Å². The fourth-order valence-corrected chi connectivity index (χ4v) is 3.29. The molecule has 1 aromatic rings. The van der Waals surface area contributed by atoms with Crippen LogP contribution in [0.5, 0.6) is 0 Å². The van der Waals surface area contributed by atoms with Crippen molar-refractivity contribution in [2.75, 3.05) is 19.6 Å². The first kappa shape index (κ1) is 11.2. The fraction of sp³-hybridized carbons (Fsp3) is 0.769. The fourth-order valence-electron chi connectivity index (χ4n) is 3.29. The third-order valence-electron chi connectivity index (χ3n) is 4.11. The normalized spacial score (nSPS) is 25.2. The quantitative estimate of drug-likeness (QED) is 0.848. The highest BCUT2D eigenvalue weighted by molar-refractivity contribution is 5.00. The van der Waals surface area contributed by atoms with E-state index in [0.717, 1.165) is 18.8 Å². The largest absolute Gasteiger partial charge is 0.364 e. The Kier molecular flexibility index (Phi) is 3.16. The summed E-state index contributed by atoms with van der Waals surface area (Å²) in [6, 6.07) is 1.97. The maximum absolute atomic E-state index is 4.91. The Hall–Kier alpha value is -0.870. The standard InChI is InChI=1S/C13H21N3O/c1-2-6-13(5-1)11-16(8-3-7-14-13)10-12-4-9-17-15-12/h4,9,14H,1-3,5-8,10-11H2. The molecule has 4 heteroatoms. The summed E-state index contributed by atoms with van der Waals surface area (Å²) >= 11 is 0. The lowest BCUT2D eigenvalue weighted by atomic mass is 9.97. The van der Waals surface area contributed by atoms with Gasteiger partial charge in [-0.1, -0.05) is 18.0 Å². The average molecular weight is 235 g/mol. The Bertz CT molecular complexity index is 344. The van der Waals surface area contributed by atoms with Gasteiger partial charge in [-0.05, 0) is 32.4 Å². The van der Waals surface area contributed by atoms with Crippen molar-refractivity contribution >= 4 is 0 Å². The second-order valence-electron chi connectivity index (χ2n) is 5.47. The molecule has 3 rings (SSSR count). The summed E-state index contributed by atoms with van der Waals surface area (Å²) in [5, 5.41) is 7.80. The highest BCUT2D eigenvalue weighted by Crippen LogP contribution is 2.31. The zero-order chi connectivity index (χ0) is 11.6. The zero-order valence-corrected chi connectivity index (χ0v) is 10.3. The van der Waals surface area contributed by atoms with E-state index in [1.54, 1.807) is 6.26 Å². The van der Waals surface area contributed by atoms with Gasteiger partial charge in [0.2, 0.25) is 0 Å². The minimum absolute atomic E-state index is 0.389. The summed E-state index contributed by atoms with van der Waals surface area (Å²) in [7, 11) is 0. The van der Waals surface area contributed by atoms with Crippen molar-refractivity contribution in [2.24, 2.45) is 0 Å². The van der Waals surface area contributed by atoms with Crippen molar-refractivity contribution in [2.45, 2.75) is 44.2 Å². The van der Waals surface area contributed by atoms with Gasteiger partial charge in [0.05, 0.1) is 5.69 Å². The number of hydrogen-bond donors (Lipinski definition) is 1. The van der Waals surface area contributed by atoms with Crippen LogP contribution >= 0.6 is 0 Å². The van der Waals surface area contributed by atoms with Gasteiger partial charge < -0.3 is 9.84 Å². The molecular weight excluding hydrogens is 214 g/mol. The van der Waals surface area contributed by atoms with Crippen LogP contribution in [0.4, 0.5) is 0 Å². The molecule has 1 N–H and O–H groups in total. The maximum atomic E-state index is 4.91. The van der Waals surface area contributed by atoms with Gasteiger partial charge in [-0.3, -0.25) is 4.90 Å². The molecular formula is C13H21N3O. The summed E-state index contributed by atoms with van der Waals surface area (Å²) < 4.78 is 4.91. The van der Waals surface area contributed by atoms with E-state index in [1.165, 1.54) is 45.2 Å². The molecule has 0 aromatic carbocycles. The minimum Gasteiger partial charge on any atom is -0.364 e. The Balaban J connectivity index is 1.67. The molecule has 0 radical (unpaired) electrons. The molecule has 2 fully saturated rings. The SMILES string of the molecule is c1cc(CN2CCCNC3(CCCC3)C2)no1. The Labute approximate surface area is 102 Å². The smallest absolute Gasteiger partial charge is 0.124 e. The highest BCUT2D eigenvalue weighted by Gasteiger charge is 2.36. The van der Waals surface area contributed by atoms with E-state index in [0.29, 0.717) is 5.54 Å². The molecule has 0 unspecified atom stereocenters. The molecule has 1 spiro atoms. The Morgan fingerprint density at radius 1 is 1.35 bits per heavy atom. The van der Waals surface area contributed by atoms with Crippen molar-refractivity contribution in [3.05, 3.63) is 18.0 Å². The van der Waals surface area contributed by atoms with Gasteiger partial charge in [0.15, 0.2) is 0 Å². The molecule has 94 valence electrons. The van der Waals surface area contributed by atoms with Crippen LogP contribution in [0.3, 0.4) is 0 Å². The Morgan fingerprint density at radius 3 is 3.00 bits per heavy atom. The van der Waals surface area contributed by atoms with Gasteiger partial charge in [-0.25, -0.2) is 0 Å². The molecule has 4 nitrogen and oxygen atoms in total. The first-order chi connectivity index (χ1) is 8.36. The monoisotopic (exact) mass is 235 g/mol. The van der Waals surface area contributed by atoms with Gasteiger partial charge in [0.1, 0.15) is 6.26 Å². The third kappa shape index (κ3) is 2.53. The van der Waals surface area contributed by atoms with E-state index in [4.69, 9.17) is 4.52 Å². The van der Waals surface area contributed by atoms with Crippen molar-refractivity contribution in [1.29, 1.82) is 0 Å². The summed E-state index contributed by atoms with van der Waals surface area (Å²) in [5.41, 5.74) is 1.44. The number of nitrogens with zero attached hydrogens (tertiary/aromatic N) is 2. The molecule has 0 amide bonds. The van der Waals surface area contributed by atoms with Gasteiger partial charge in [0.25, 0.3) is 0 Å². The molecule has 0 atom stereocenters. The number of hydrogen-bond acceptors (Lipinski definition) is 4. The molecule has 1 aromatic heterocycles. The zero-order valence-electron chi connectivity index (χ0n) is 10.3. The summed E-state index contributed by atoms with van der Waals surface area (Å²) in [5.74, 6) is 0. The van der Waals surface area contributed by atoms with Crippen LogP contribution in [0.1, 0.15) is 37.8 Å². The second-order valence-corrected chi connectivity index (χ2v) is 5.47. The predicted molar refractivity (Wildman–Crippen MR) is 65.6 cm³/mol. The molecule has 2 aliphatic rings. The maximum Gasteiger partial charge on any atom is 0.124 e. The molecule has 1 saturated carbocycles. The summed E-state index contributed by atoms with van der Waals surface area (Å²) in [4.78, 5) is 2.53. The van der Waals surface area contributed by atoms with Gasteiger partial charge in [-0.15, -0.1) is 0 Å². The van der Waals surface area contributed by atoms with E-state index in [9.17, 15) is 0 Å². The Morgan fingerprint density at radius 2 is 2.24 bits per heavy atom. The van der Waals surface area contributed by atoms with Crippen LogP contribution in [0.15, 0.2) is 16.9 Å². The first-order valence-electron chi connectivity index (χ1n) is 6.73. The minimum atomic E-state index is 0.389. The van der Waals surface area contributed by atoms with Crippen LogP contribution in [0.2, 0.25) is 0 Å². The second kappa shape index (κ2) is 4.78. The summed E-state index contributed by atoms with van der Waals surface area (Å²) in [6.07, 6.45) is 8.33. The third-order valence-corrected chi connectivity index (χ3v) is 4.11. The lowest BCUT2D eigenvalue weighted by Gasteiger charge is -2.33. The molecule has 17 heavy (non-hydrogen) atoms. The molecule has 1 saturated heterocycles. The van der Waals surface area contributed by atoms with Crippen LogP contribution in [-0.4, -0.2) is 35.2 Å². The van der Waals surface area contributed by atoms with E-state index < -0.39 is 0 Å². The van der Waals surface area contributed by atoms with Crippen LogP contribution in [-0.2, 0) is 6.54 Å². The molecule has 1 aliphatic carbocycles.